The Hall–Kier alpha value is -1.19. The first kappa shape index (κ1) is 17.9. The van der Waals surface area contributed by atoms with Crippen LogP contribution in [0.5, 0.6) is 0 Å². The van der Waals surface area contributed by atoms with Gasteiger partial charge in [0, 0.05) is 6.54 Å². The Balaban J connectivity index is 2.92. The van der Waals surface area contributed by atoms with E-state index in [2.05, 4.69) is 4.72 Å². The Bertz CT molecular complexity index is 510. The summed E-state index contributed by atoms with van der Waals surface area (Å²) in [5.74, 6) is -1.58. The van der Waals surface area contributed by atoms with Gasteiger partial charge in [0.25, 0.3) is 0 Å². The summed E-state index contributed by atoms with van der Waals surface area (Å²) >= 11 is 0. The number of nitrogens with zero attached hydrogens (tertiary/aromatic N) is 1. The number of rotatable bonds is 4. The Labute approximate surface area is 124 Å². The zero-order valence-electron chi connectivity index (χ0n) is 12.6. The second-order valence-electron chi connectivity index (χ2n) is 6.17. The minimum absolute atomic E-state index is 0.0911. The maximum absolute atomic E-state index is 12.5. The van der Waals surface area contributed by atoms with E-state index in [1.165, 1.54) is 4.90 Å². The van der Waals surface area contributed by atoms with Gasteiger partial charge >= 0.3 is 5.97 Å². The summed E-state index contributed by atoms with van der Waals surface area (Å²) in [6.07, 6.45) is -0.0974. The predicted molar refractivity (Wildman–Crippen MR) is 75.2 cm³/mol. The van der Waals surface area contributed by atoms with E-state index in [0.29, 0.717) is 0 Å². The van der Waals surface area contributed by atoms with Crippen LogP contribution in [0, 0.1) is 5.41 Å². The molecule has 21 heavy (non-hydrogen) atoms. The van der Waals surface area contributed by atoms with E-state index >= 15 is 0 Å². The SMILES string of the molecule is CC(C)(C)C(NS(C)(=O)=O)C(=O)N1CCOC(C(=O)O)C1. The maximum atomic E-state index is 12.5. The minimum Gasteiger partial charge on any atom is -0.479 e. The van der Waals surface area contributed by atoms with Gasteiger partial charge in [0.1, 0.15) is 6.04 Å². The summed E-state index contributed by atoms with van der Waals surface area (Å²) < 4.78 is 30.3. The molecule has 9 heteroatoms. The molecule has 1 amide bonds. The van der Waals surface area contributed by atoms with E-state index in [0.717, 1.165) is 6.26 Å². The third-order valence-electron chi connectivity index (χ3n) is 3.10. The van der Waals surface area contributed by atoms with Crippen molar-refractivity contribution >= 4 is 21.9 Å². The third-order valence-corrected chi connectivity index (χ3v) is 3.76. The molecule has 0 aromatic heterocycles. The molecule has 0 bridgehead atoms. The number of carboxylic acid groups (broad SMARTS) is 1. The van der Waals surface area contributed by atoms with Crippen LogP contribution in [-0.2, 0) is 24.3 Å². The summed E-state index contributed by atoms with van der Waals surface area (Å²) in [6.45, 7) is 5.47. The van der Waals surface area contributed by atoms with Gasteiger partial charge in [-0.2, -0.15) is 0 Å². The molecule has 1 rings (SSSR count). The fourth-order valence-corrected chi connectivity index (χ4v) is 2.88. The fourth-order valence-electron chi connectivity index (χ4n) is 1.99. The molecule has 8 nitrogen and oxygen atoms in total. The average molecular weight is 322 g/mol. The summed E-state index contributed by atoms with van der Waals surface area (Å²) in [5, 5.41) is 8.95. The minimum atomic E-state index is -3.57. The summed E-state index contributed by atoms with van der Waals surface area (Å²) in [7, 11) is -3.57. The van der Waals surface area contributed by atoms with Crippen molar-refractivity contribution in [1.29, 1.82) is 0 Å². The topological polar surface area (TPSA) is 113 Å². The van der Waals surface area contributed by atoms with Crippen LogP contribution in [0.3, 0.4) is 0 Å². The lowest BCUT2D eigenvalue weighted by Gasteiger charge is -2.37. The number of sulfonamides is 1. The van der Waals surface area contributed by atoms with Gasteiger partial charge in [0.05, 0.1) is 19.4 Å². The van der Waals surface area contributed by atoms with Crippen LogP contribution >= 0.6 is 0 Å². The van der Waals surface area contributed by atoms with E-state index in [4.69, 9.17) is 9.84 Å². The Kier molecular flexibility index (Phi) is 5.35. The van der Waals surface area contributed by atoms with Crippen molar-refractivity contribution in [1.82, 2.24) is 9.62 Å². The molecule has 0 aliphatic carbocycles. The van der Waals surface area contributed by atoms with Crippen LogP contribution < -0.4 is 4.72 Å². The van der Waals surface area contributed by atoms with Gasteiger partial charge in [-0.15, -0.1) is 0 Å². The number of carbonyl (C=O) groups excluding carboxylic acids is 1. The zero-order valence-corrected chi connectivity index (χ0v) is 13.4. The molecule has 0 radical (unpaired) electrons. The predicted octanol–water partition coefficient (Wildman–Crippen LogP) is -0.738. The summed E-state index contributed by atoms with van der Waals surface area (Å²) in [4.78, 5) is 24.8. The molecule has 1 fully saturated rings. The highest BCUT2D eigenvalue weighted by atomic mass is 32.2. The first-order chi connectivity index (χ1) is 9.42. The Morgan fingerprint density at radius 2 is 1.95 bits per heavy atom. The van der Waals surface area contributed by atoms with Crippen molar-refractivity contribution in [3.8, 4) is 0 Å². The number of hydrogen-bond acceptors (Lipinski definition) is 5. The highest BCUT2D eigenvalue weighted by Gasteiger charge is 2.39. The molecule has 122 valence electrons. The number of ether oxygens (including phenoxy) is 1. The zero-order chi connectivity index (χ0) is 16.4. The number of morpholine rings is 1. The number of carboxylic acids is 1. The fraction of sp³-hybridized carbons (Fsp3) is 0.833. The first-order valence-corrected chi connectivity index (χ1v) is 8.41. The molecule has 0 saturated carbocycles. The number of aliphatic carboxylic acids is 1. The smallest absolute Gasteiger partial charge is 0.334 e. The van der Waals surface area contributed by atoms with E-state index in [-0.39, 0.29) is 19.7 Å². The molecule has 1 aliphatic heterocycles. The largest absolute Gasteiger partial charge is 0.479 e. The lowest BCUT2D eigenvalue weighted by atomic mass is 9.86. The lowest BCUT2D eigenvalue weighted by Crippen LogP contribution is -2.58. The lowest BCUT2D eigenvalue weighted by molar-refractivity contribution is -0.160. The first-order valence-electron chi connectivity index (χ1n) is 6.52. The highest BCUT2D eigenvalue weighted by Crippen LogP contribution is 2.22. The summed E-state index contributed by atoms with van der Waals surface area (Å²) in [6, 6.07) is -0.958. The van der Waals surface area contributed by atoms with Crippen LogP contribution in [0.1, 0.15) is 20.8 Å². The standard InChI is InChI=1S/C12H22N2O6S/c1-12(2,3)9(13-21(4,18)19)10(15)14-5-6-20-8(7-14)11(16)17/h8-9,13H,5-7H2,1-4H3,(H,16,17). The van der Waals surface area contributed by atoms with Crippen LogP contribution in [0.2, 0.25) is 0 Å². The Morgan fingerprint density at radius 1 is 1.38 bits per heavy atom. The quantitative estimate of drug-likeness (QED) is 0.705. The maximum Gasteiger partial charge on any atom is 0.334 e. The molecule has 2 N–H and O–H groups in total. The van der Waals surface area contributed by atoms with Crippen LogP contribution in [0.15, 0.2) is 0 Å². The van der Waals surface area contributed by atoms with Gasteiger partial charge in [0.2, 0.25) is 15.9 Å². The van der Waals surface area contributed by atoms with Crippen molar-refractivity contribution in [2.45, 2.75) is 32.9 Å². The van der Waals surface area contributed by atoms with Crippen molar-refractivity contribution in [3.05, 3.63) is 0 Å². The molecule has 1 saturated heterocycles. The number of hydrogen-bond donors (Lipinski definition) is 2. The summed E-state index contributed by atoms with van der Waals surface area (Å²) in [5.41, 5.74) is -0.642. The number of carbonyl (C=O) groups is 2. The second kappa shape index (κ2) is 6.29. The molecule has 0 spiro atoms. The van der Waals surface area contributed by atoms with Crippen molar-refractivity contribution in [3.63, 3.8) is 0 Å². The highest BCUT2D eigenvalue weighted by molar-refractivity contribution is 7.88. The van der Waals surface area contributed by atoms with Crippen molar-refractivity contribution in [2.24, 2.45) is 5.41 Å². The Morgan fingerprint density at radius 3 is 2.38 bits per heavy atom. The van der Waals surface area contributed by atoms with Gasteiger partial charge < -0.3 is 14.7 Å². The van der Waals surface area contributed by atoms with Gasteiger partial charge in [0.15, 0.2) is 6.10 Å². The van der Waals surface area contributed by atoms with E-state index < -0.39 is 39.5 Å². The van der Waals surface area contributed by atoms with E-state index in [1.807, 2.05) is 0 Å². The van der Waals surface area contributed by atoms with E-state index in [1.54, 1.807) is 20.8 Å². The normalized spacial score (nSPS) is 21.9. The van der Waals surface area contributed by atoms with Gasteiger partial charge in [-0.05, 0) is 5.41 Å². The average Bonchev–Trinajstić information content (AvgIpc) is 2.33. The molecule has 2 unspecified atom stereocenters. The molecule has 1 aliphatic rings. The van der Waals surface area contributed by atoms with Crippen LogP contribution in [0.4, 0.5) is 0 Å². The van der Waals surface area contributed by atoms with Crippen molar-refractivity contribution in [2.75, 3.05) is 26.0 Å². The number of nitrogens with one attached hydrogen (secondary N) is 1. The van der Waals surface area contributed by atoms with Crippen LogP contribution in [0.25, 0.3) is 0 Å². The second-order valence-corrected chi connectivity index (χ2v) is 7.95. The molecule has 1 heterocycles. The molecule has 0 aromatic rings. The van der Waals surface area contributed by atoms with Crippen LogP contribution in [-0.4, -0.2) is 68.4 Å². The van der Waals surface area contributed by atoms with Crippen molar-refractivity contribution < 1.29 is 27.9 Å². The monoisotopic (exact) mass is 322 g/mol. The molecule has 0 aromatic carbocycles. The third kappa shape index (κ3) is 5.25. The molecule has 2 atom stereocenters. The van der Waals surface area contributed by atoms with Gasteiger partial charge in [-0.3, -0.25) is 4.79 Å². The molecular formula is C12H22N2O6S. The van der Waals surface area contributed by atoms with Gasteiger partial charge in [-0.25, -0.2) is 17.9 Å². The van der Waals surface area contributed by atoms with E-state index in [9.17, 15) is 18.0 Å². The van der Waals surface area contributed by atoms with Gasteiger partial charge in [-0.1, -0.05) is 20.8 Å². The molecular weight excluding hydrogens is 300 g/mol. The number of amides is 1.